The fraction of sp³-hybridized carbons (Fsp3) is 1.00. The third-order valence-electron chi connectivity index (χ3n) is 1.31. The van der Waals surface area contributed by atoms with Crippen molar-refractivity contribution < 1.29 is 0 Å². The average molecular weight is 179 g/mol. The molecule has 50 valence electrons. The van der Waals surface area contributed by atoms with E-state index in [-0.39, 0.29) is 0 Å². The molecule has 0 aliphatic rings. The molecule has 0 amide bonds. The molecule has 1 atom stereocenters. The Bertz CT molecular complexity index is 43.7. The minimum atomic E-state index is 0.870. The van der Waals surface area contributed by atoms with Crippen molar-refractivity contribution in [2.45, 2.75) is 33.1 Å². The van der Waals surface area contributed by atoms with Crippen LogP contribution in [0.15, 0.2) is 0 Å². The van der Waals surface area contributed by atoms with Gasteiger partial charge in [0, 0.05) is 5.33 Å². The predicted octanol–water partition coefficient (Wildman–Crippen LogP) is 3.21. The SMILES string of the molecule is CCCC[C@@H](C)CBr. The van der Waals surface area contributed by atoms with Crippen molar-refractivity contribution in [2.24, 2.45) is 5.92 Å². The van der Waals surface area contributed by atoms with Gasteiger partial charge in [0.25, 0.3) is 0 Å². The first-order chi connectivity index (χ1) is 3.81. The summed E-state index contributed by atoms with van der Waals surface area (Å²) in [5, 5.41) is 1.16. The highest BCUT2D eigenvalue weighted by atomic mass is 79.9. The fourth-order valence-electron chi connectivity index (χ4n) is 0.630. The van der Waals surface area contributed by atoms with Crippen LogP contribution in [0.4, 0.5) is 0 Å². The van der Waals surface area contributed by atoms with Gasteiger partial charge in [-0.15, -0.1) is 0 Å². The third kappa shape index (κ3) is 4.63. The monoisotopic (exact) mass is 178 g/mol. The molecule has 0 saturated carbocycles. The van der Waals surface area contributed by atoms with Crippen molar-refractivity contribution in [3.63, 3.8) is 0 Å². The first kappa shape index (κ1) is 8.48. The van der Waals surface area contributed by atoms with Gasteiger partial charge in [-0.3, -0.25) is 0 Å². The molecule has 8 heavy (non-hydrogen) atoms. The van der Waals surface area contributed by atoms with Crippen LogP contribution in [0.2, 0.25) is 0 Å². The molecule has 0 nitrogen and oxygen atoms in total. The Labute approximate surface area is 60.8 Å². The van der Waals surface area contributed by atoms with Crippen LogP contribution < -0.4 is 0 Å². The van der Waals surface area contributed by atoms with Gasteiger partial charge in [0.2, 0.25) is 0 Å². The average Bonchev–Trinajstić information content (AvgIpc) is 1.83. The molecule has 1 heteroatoms. The zero-order valence-corrected chi connectivity index (χ0v) is 7.37. The second kappa shape index (κ2) is 5.61. The number of unbranched alkanes of at least 4 members (excludes halogenated alkanes) is 1. The van der Waals surface area contributed by atoms with Crippen LogP contribution in [0, 0.1) is 5.92 Å². The van der Waals surface area contributed by atoms with Gasteiger partial charge in [-0.05, 0) is 12.3 Å². The zero-order chi connectivity index (χ0) is 6.41. The van der Waals surface area contributed by atoms with Crippen LogP contribution in [0.25, 0.3) is 0 Å². The maximum Gasteiger partial charge on any atom is 0.00570 e. The van der Waals surface area contributed by atoms with Crippen LogP contribution in [0.5, 0.6) is 0 Å². The lowest BCUT2D eigenvalue weighted by Gasteiger charge is -2.03. The van der Waals surface area contributed by atoms with Crippen LogP contribution >= 0.6 is 15.9 Å². The zero-order valence-electron chi connectivity index (χ0n) is 5.78. The maximum absolute atomic E-state index is 3.44. The van der Waals surface area contributed by atoms with E-state index < -0.39 is 0 Å². The molecule has 0 fully saturated rings. The van der Waals surface area contributed by atoms with E-state index >= 15 is 0 Å². The highest BCUT2D eigenvalue weighted by molar-refractivity contribution is 9.09. The molecule has 0 bridgehead atoms. The Morgan fingerprint density at radius 1 is 1.50 bits per heavy atom. The molecule has 0 radical (unpaired) electrons. The minimum Gasteiger partial charge on any atom is -0.0925 e. The number of halogens is 1. The van der Waals surface area contributed by atoms with Gasteiger partial charge in [-0.2, -0.15) is 0 Å². The van der Waals surface area contributed by atoms with Gasteiger partial charge in [0.15, 0.2) is 0 Å². The van der Waals surface area contributed by atoms with Crippen LogP contribution in [0.3, 0.4) is 0 Å². The van der Waals surface area contributed by atoms with Gasteiger partial charge >= 0.3 is 0 Å². The normalized spacial score (nSPS) is 13.9. The van der Waals surface area contributed by atoms with E-state index in [1.165, 1.54) is 19.3 Å². The largest absolute Gasteiger partial charge is 0.0925 e. The Hall–Kier alpha value is 0.480. The molecular weight excluding hydrogens is 164 g/mol. The Kier molecular flexibility index (Phi) is 5.95. The number of hydrogen-bond acceptors (Lipinski definition) is 0. The Morgan fingerprint density at radius 2 is 2.12 bits per heavy atom. The van der Waals surface area contributed by atoms with Gasteiger partial charge in [0.05, 0.1) is 0 Å². The lowest BCUT2D eigenvalue weighted by molar-refractivity contribution is 0.560. The van der Waals surface area contributed by atoms with Crippen molar-refractivity contribution in [1.29, 1.82) is 0 Å². The highest BCUT2D eigenvalue weighted by Crippen LogP contribution is 2.09. The molecule has 0 rings (SSSR count). The molecule has 0 heterocycles. The summed E-state index contributed by atoms with van der Waals surface area (Å²) >= 11 is 3.44. The lowest BCUT2D eigenvalue weighted by atomic mass is 10.1. The molecule has 0 saturated heterocycles. The standard InChI is InChI=1S/C7H15Br/c1-3-4-5-7(2)6-8/h7H,3-6H2,1-2H3/t7-/m1/s1. The molecule has 0 aromatic rings. The van der Waals surface area contributed by atoms with E-state index in [0.717, 1.165) is 11.2 Å². The Morgan fingerprint density at radius 3 is 2.50 bits per heavy atom. The van der Waals surface area contributed by atoms with Gasteiger partial charge in [0.1, 0.15) is 0 Å². The summed E-state index contributed by atoms with van der Waals surface area (Å²) in [6, 6.07) is 0. The number of alkyl halides is 1. The molecule has 0 aromatic carbocycles. The van der Waals surface area contributed by atoms with Crippen molar-refractivity contribution in [3.05, 3.63) is 0 Å². The van der Waals surface area contributed by atoms with Crippen molar-refractivity contribution in [3.8, 4) is 0 Å². The summed E-state index contributed by atoms with van der Waals surface area (Å²) in [6.45, 7) is 4.52. The van der Waals surface area contributed by atoms with Crippen molar-refractivity contribution in [2.75, 3.05) is 5.33 Å². The molecule has 0 spiro atoms. The van der Waals surface area contributed by atoms with E-state index in [1.807, 2.05) is 0 Å². The topological polar surface area (TPSA) is 0 Å². The van der Waals surface area contributed by atoms with E-state index in [4.69, 9.17) is 0 Å². The molecule has 0 unspecified atom stereocenters. The first-order valence-corrected chi connectivity index (χ1v) is 4.49. The van der Waals surface area contributed by atoms with Gasteiger partial charge in [-0.25, -0.2) is 0 Å². The molecule has 0 aliphatic carbocycles. The highest BCUT2D eigenvalue weighted by Gasteiger charge is 1.95. The molecular formula is C7H15Br. The van der Waals surface area contributed by atoms with E-state index in [2.05, 4.69) is 29.8 Å². The second-order valence-corrected chi connectivity index (χ2v) is 3.05. The minimum absolute atomic E-state index is 0.870. The molecule has 0 aromatic heterocycles. The quantitative estimate of drug-likeness (QED) is 0.581. The smallest absolute Gasteiger partial charge is 0.00570 e. The summed E-state index contributed by atoms with van der Waals surface area (Å²) in [5.74, 6) is 0.870. The first-order valence-electron chi connectivity index (χ1n) is 3.37. The lowest BCUT2D eigenvalue weighted by Crippen LogP contribution is -1.93. The van der Waals surface area contributed by atoms with Crippen LogP contribution in [-0.2, 0) is 0 Å². The molecule has 0 N–H and O–H groups in total. The maximum atomic E-state index is 3.44. The number of hydrogen-bond donors (Lipinski definition) is 0. The summed E-state index contributed by atoms with van der Waals surface area (Å²) in [6.07, 6.45) is 4.09. The number of rotatable bonds is 4. The Balaban J connectivity index is 2.86. The van der Waals surface area contributed by atoms with E-state index in [0.29, 0.717) is 0 Å². The van der Waals surface area contributed by atoms with Crippen LogP contribution in [0.1, 0.15) is 33.1 Å². The van der Waals surface area contributed by atoms with E-state index in [9.17, 15) is 0 Å². The predicted molar refractivity (Wildman–Crippen MR) is 42.5 cm³/mol. The molecule has 0 aliphatic heterocycles. The van der Waals surface area contributed by atoms with Crippen molar-refractivity contribution in [1.82, 2.24) is 0 Å². The summed E-state index contributed by atoms with van der Waals surface area (Å²) in [4.78, 5) is 0. The summed E-state index contributed by atoms with van der Waals surface area (Å²) < 4.78 is 0. The van der Waals surface area contributed by atoms with Crippen molar-refractivity contribution >= 4 is 15.9 Å². The van der Waals surface area contributed by atoms with Gasteiger partial charge in [-0.1, -0.05) is 42.6 Å². The fourth-order valence-corrected chi connectivity index (χ4v) is 0.953. The van der Waals surface area contributed by atoms with E-state index in [1.54, 1.807) is 0 Å². The summed E-state index contributed by atoms with van der Waals surface area (Å²) in [5.41, 5.74) is 0. The second-order valence-electron chi connectivity index (χ2n) is 2.40. The summed E-state index contributed by atoms with van der Waals surface area (Å²) in [7, 11) is 0. The van der Waals surface area contributed by atoms with Gasteiger partial charge < -0.3 is 0 Å². The van der Waals surface area contributed by atoms with Crippen LogP contribution in [-0.4, -0.2) is 5.33 Å². The third-order valence-corrected chi connectivity index (χ3v) is 2.42.